The summed E-state index contributed by atoms with van der Waals surface area (Å²) in [5.41, 5.74) is 2.26. The summed E-state index contributed by atoms with van der Waals surface area (Å²) in [5.74, 6) is 3.12. The lowest BCUT2D eigenvalue weighted by Crippen LogP contribution is -2.02. The van der Waals surface area contributed by atoms with E-state index in [9.17, 15) is 0 Å². The van der Waals surface area contributed by atoms with Gasteiger partial charge >= 0.3 is 0 Å². The van der Waals surface area contributed by atoms with E-state index in [0.29, 0.717) is 5.75 Å². The SMILES string of the molecule is COc1ccc([C@@H]2Cc3cc(OC)c(OC)cc3O2)cc1. The molecule has 0 N–H and O–H groups in total. The van der Waals surface area contributed by atoms with Crippen LogP contribution in [0.3, 0.4) is 0 Å². The Kier molecular flexibility index (Phi) is 3.60. The van der Waals surface area contributed by atoms with Gasteiger partial charge in [0, 0.05) is 18.1 Å². The third-order valence-electron chi connectivity index (χ3n) is 3.73. The van der Waals surface area contributed by atoms with Gasteiger partial charge in [-0.15, -0.1) is 0 Å². The minimum Gasteiger partial charge on any atom is -0.497 e. The molecule has 0 saturated heterocycles. The number of hydrogen-bond donors (Lipinski definition) is 0. The van der Waals surface area contributed by atoms with Gasteiger partial charge in [-0.25, -0.2) is 0 Å². The highest BCUT2D eigenvalue weighted by molar-refractivity contribution is 5.53. The van der Waals surface area contributed by atoms with E-state index in [0.717, 1.165) is 34.8 Å². The topological polar surface area (TPSA) is 36.9 Å². The highest BCUT2D eigenvalue weighted by atomic mass is 16.5. The van der Waals surface area contributed by atoms with Crippen LogP contribution in [-0.2, 0) is 6.42 Å². The highest BCUT2D eigenvalue weighted by Crippen LogP contribution is 2.43. The first-order valence-electron chi connectivity index (χ1n) is 6.80. The van der Waals surface area contributed by atoms with Crippen LogP contribution >= 0.6 is 0 Å². The first-order valence-corrected chi connectivity index (χ1v) is 6.80. The van der Waals surface area contributed by atoms with Gasteiger partial charge in [-0.3, -0.25) is 0 Å². The van der Waals surface area contributed by atoms with Crippen LogP contribution in [-0.4, -0.2) is 21.3 Å². The van der Waals surface area contributed by atoms with E-state index in [1.54, 1.807) is 21.3 Å². The molecule has 4 nitrogen and oxygen atoms in total. The fourth-order valence-electron chi connectivity index (χ4n) is 2.57. The van der Waals surface area contributed by atoms with Crippen molar-refractivity contribution in [2.45, 2.75) is 12.5 Å². The first-order chi connectivity index (χ1) is 10.2. The van der Waals surface area contributed by atoms with Crippen LogP contribution in [0.15, 0.2) is 36.4 Å². The third-order valence-corrected chi connectivity index (χ3v) is 3.73. The molecule has 1 aliphatic heterocycles. The van der Waals surface area contributed by atoms with Crippen molar-refractivity contribution >= 4 is 0 Å². The monoisotopic (exact) mass is 286 g/mol. The molecule has 110 valence electrons. The zero-order chi connectivity index (χ0) is 14.8. The summed E-state index contributed by atoms with van der Waals surface area (Å²) >= 11 is 0. The Morgan fingerprint density at radius 3 is 2.19 bits per heavy atom. The zero-order valence-electron chi connectivity index (χ0n) is 12.4. The summed E-state index contributed by atoms with van der Waals surface area (Å²) in [7, 11) is 4.93. The molecule has 1 atom stereocenters. The molecule has 0 spiro atoms. The van der Waals surface area contributed by atoms with Crippen molar-refractivity contribution in [3.8, 4) is 23.0 Å². The van der Waals surface area contributed by atoms with Gasteiger partial charge in [0.1, 0.15) is 17.6 Å². The van der Waals surface area contributed by atoms with Crippen molar-refractivity contribution in [1.29, 1.82) is 0 Å². The van der Waals surface area contributed by atoms with Gasteiger partial charge in [-0.05, 0) is 23.8 Å². The fraction of sp³-hybridized carbons (Fsp3) is 0.294. The van der Waals surface area contributed by atoms with Crippen LogP contribution in [0.1, 0.15) is 17.2 Å². The van der Waals surface area contributed by atoms with Crippen molar-refractivity contribution < 1.29 is 18.9 Å². The molecule has 0 fully saturated rings. The van der Waals surface area contributed by atoms with E-state index in [2.05, 4.69) is 0 Å². The van der Waals surface area contributed by atoms with Gasteiger partial charge in [0.05, 0.1) is 21.3 Å². The van der Waals surface area contributed by atoms with E-state index < -0.39 is 0 Å². The Bertz CT molecular complexity index is 601. The third kappa shape index (κ3) is 2.49. The van der Waals surface area contributed by atoms with Gasteiger partial charge in [0.25, 0.3) is 0 Å². The van der Waals surface area contributed by atoms with E-state index in [1.165, 1.54) is 0 Å². The average Bonchev–Trinajstić information content (AvgIpc) is 2.96. The summed E-state index contributed by atoms with van der Waals surface area (Å²) in [6.45, 7) is 0. The Morgan fingerprint density at radius 1 is 0.905 bits per heavy atom. The molecule has 3 rings (SSSR count). The number of ether oxygens (including phenoxy) is 4. The van der Waals surface area contributed by atoms with E-state index in [4.69, 9.17) is 18.9 Å². The Balaban J connectivity index is 1.86. The molecule has 2 aromatic carbocycles. The maximum Gasteiger partial charge on any atom is 0.164 e. The predicted octanol–water partition coefficient (Wildman–Crippen LogP) is 3.39. The lowest BCUT2D eigenvalue weighted by molar-refractivity contribution is 0.237. The predicted molar refractivity (Wildman–Crippen MR) is 79.6 cm³/mol. The number of hydrogen-bond acceptors (Lipinski definition) is 4. The number of methoxy groups -OCH3 is 3. The Morgan fingerprint density at radius 2 is 1.57 bits per heavy atom. The second-order valence-corrected chi connectivity index (χ2v) is 4.90. The molecule has 0 bridgehead atoms. The van der Waals surface area contributed by atoms with E-state index in [-0.39, 0.29) is 6.10 Å². The van der Waals surface area contributed by atoms with Crippen LogP contribution in [0.5, 0.6) is 23.0 Å². The van der Waals surface area contributed by atoms with Gasteiger partial charge in [0.15, 0.2) is 11.5 Å². The second kappa shape index (κ2) is 5.56. The van der Waals surface area contributed by atoms with E-state index >= 15 is 0 Å². The van der Waals surface area contributed by atoms with Crippen molar-refractivity contribution in [2.75, 3.05) is 21.3 Å². The van der Waals surface area contributed by atoms with Crippen molar-refractivity contribution in [3.05, 3.63) is 47.5 Å². The molecule has 21 heavy (non-hydrogen) atoms. The molecular weight excluding hydrogens is 268 g/mol. The van der Waals surface area contributed by atoms with Gasteiger partial charge < -0.3 is 18.9 Å². The first kappa shape index (κ1) is 13.6. The lowest BCUT2D eigenvalue weighted by atomic mass is 10.0. The largest absolute Gasteiger partial charge is 0.497 e. The maximum absolute atomic E-state index is 6.03. The van der Waals surface area contributed by atoms with Crippen molar-refractivity contribution in [2.24, 2.45) is 0 Å². The van der Waals surface area contributed by atoms with Crippen molar-refractivity contribution in [3.63, 3.8) is 0 Å². The second-order valence-electron chi connectivity index (χ2n) is 4.90. The molecule has 1 heterocycles. The van der Waals surface area contributed by atoms with Gasteiger partial charge in [0.2, 0.25) is 0 Å². The summed E-state index contributed by atoms with van der Waals surface area (Å²) in [6, 6.07) is 11.8. The number of rotatable bonds is 4. The molecule has 0 unspecified atom stereocenters. The molecule has 2 aromatic rings. The standard InChI is InChI=1S/C17H18O4/c1-18-13-6-4-11(5-7-13)14-8-12-9-16(19-2)17(20-3)10-15(12)21-14/h4-7,9-10,14H,8H2,1-3H3/t14-/m0/s1. The minimum atomic E-state index is 0.0164. The molecular formula is C17H18O4. The Labute approximate surface area is 124 Å². The smallest absolute Gasteiger partial charge is 0.164 e. The molecule has 0 amide bonds. The summed E-state index contributed by atoms with van der Waals surface area (Å²) < 4.78 is 21.9. The summed E-state index contributed by atoms with van der Waals surface area (Å²) in [4.78, 5) is 0. The van der Waals surface area contributed by atoms with Crippen LogP contribution in [0.4, 0.5) is 0 Å². The molecule has 0 aliphatic carbocycles. The van der Waals surface area contributed by atoms with Crippen molar-refractivity contribution in [1.82, 2.24) is 0 Å². The maximum atomic E-state index is 6.03. The van der Waals surface area contributed by atoms with Crippen LogP contribution in [0, 0.1) is 0 Å². The van der Waals surface area contributed by atoms with Gasteiger partial charge in [-0.1, -0.05) is 12.1 Å². The fourth-order valence-corrected chi connectivity index (χ4v) is 2.57. The van der Waals surface area contributed by atoms with Crippen LogP contribution in [0.2, 0.25) is 0 Å². The molecule has 4 heteroatoms. The Hall–Kier alpha value is -2.36. The highest BCUT2D eigenvalue weighted by Gasteiger charge is 2.26. The summed E-state index contributed by atoms with van der Waals surface area (Å²) in [5, 5.41) is 0. The van der Waals surface area contributed by atoms with E-state index in [1.807, 2.05) is 36.4 Å². The average molecular weight is 286 g/mol. The molecule has 0 saturated carbocycles. The molecule has 0 radical (unpaired) electrons. The van der Waals surface area contributed by atoms with Crippen LogP contribution < -0.4 is 18.9 Å². The molecule has 0 aromatic heterocycles. The summed E-state index contributed by atoms with van der Waals surface area (Å²) in [6.07, 6.45) is 0.838. The minimum absolute atomic E-state index is 0.0164. The zero-order valence-corrected chi connectivity index (χ0v) is 12.4. The quantitative estimate of drug-likeness (QED) is 0.863. The van der Waals surface area contributed by atoms with Gasteiger partial charge in [-0.2, -0.15) is 0 Å². The normalized spacial score (nSPS) is 16.0. The number of benzene rings is 2. The lowest BCUT2D eigenvalue weighted by Gasteiger charge is -2.12. The molecule has 1 aliphatic rings. The van der Waals surface area contributed by atoms with Crippen LogP contribution in [0.25, 0.3) is 0 Å². The number of fused-ring (bicyclic) bond motifs is 1.